The van der Waals surface area contributed by atoms with Crippen LogP contribution in [-0.2, 0) is 13.0 Å². The summed E-state index contributed by atoms with van der Waals surface area (Å²) in [6.07, 6.45) is 2.27. The first-order chi connectivity index (χ1) is 6.27. The van der Waals surface area contributed by atoms with E-state index in [4.69, 9.17) is 0 Å². The molecule has 1 aromatic rings. The molecule has 1 aromatic heterocycles. The summed E-state index contributed by atoms with van der Waals surface area (Å²) in [5.74, 6) is 0.901. The Morgan fingerprint density at radius 1 is 1.23 bits per heavy atom. The maximum atomic E-state index is 4.48. The van der Waals surface area contributed by atoms with E-state index in [-0.39, 0.29) is 0 Å². The molecule has 1 aliphatic heterocycles. The van der Waals surface area contributed by atoms with Crippen LogP contribution < -0.4 is 5.32 Å². The van der Waals surface area contributed by atoms with Crippen LogP contribution in [0.3, 0.4) is 0 Å². The lowest BCUT2D eigenvalue weighted by atomic mass is 10.1. The predicted octanol–water partition coefficient (Wildman–Crippen LogP) is 1.13. The molecular weight excluding hydrogens is 162 g/mol. The van der Waals surface area contributed by atoms with Crippen molar-refractivity contribution in [1.82, 2.24) is 15.3 Å². The first kappa shape index (κ1) is 8.63. The number of aromatic nitrogens is 2. The monoisotopic (exact) mass is 177 g/mol. The summed E-state index contributed by atoms with van der Waals surface area (Å²) < 4.78 is 0. The van der Waals surface area contributed by atoms with E-state index in [0.717, 1.165) is 31.0 Å². The number of nitrogens with zero attached hydrogens (tertiary/aromatic N) is 2. The molecule has 70 valence electrons. The zero-order valence-electron chi connectivity index (χ0n) is 8.22. The summed E-state index contributed by atoms with van der Waals surface area (Å²) in [6, 6.07) is 0. The van der Waals surface area contributed by atoms with E-state index in [1.165, 1.54) is 17.7 Å². The van der Waals surface area contributed by atoms with Crippen LogP contribution in [0.4, 0.5) is 0 Å². The van der Waals surface area contributed by atoms with Gasteiger partial charge in [0.05, 0.1) is 0 Å². The van der Waals surface area contributed by atoms with E-state index in [1.807, 2.05) is 6.92 Å². The van der Waals surface area contributed by atoms with Crippen molar-refractivity contribution in [3.05, 3.63) is 22.8 Å². The van der Waals surface area contributed by atoms with Gasteiger partial charge in [-0.15, -0.1) is 0 Å². The zero-order chi connectivity index (χ0) is 9.26. The average molecular weight is 177 g/mol. The minimum atomic E-state index is 0.901. The molecule has 2 heterocycles. The molecule has 3 nitrogen and oxygen atoms in total. The Morgan fingerprint density at radius 2 is 2.08 bits per heavy atom. The fourth-order valence-corrected chi connectivity index (χ4v) is 1.84. The van der Waals surface area contributed by atoms with Crippen LogP contribution in [0.5, 0.6) is 0 Å². The van der Waals surface area contributed by atoms with Gasteiger partial charge in [0.15, 0.2) is 0 Å². The maximum absolute atomic E-state index is 4.48. The van der Waals surface area contributed by atoms with Crippen molar-refractivity contribution in [3.8, 4) is 0 Å². The number of hydrogen-bond acceptors (Lipinski definition) is 3. The fraction of sp³-hybridized carbons (Fsp3) is 0.600. The van der Waals surface area contributed by atoms with Crippen molar-refractivity contribution in [1.29, 1.82) is 0 Å². The molecule has 0 atom stereocenters. The highest BCUT2D eigenvalue weighted by Crippen LogP contribution is 2.14. The van der Waals surface area contributed by atoms with Crippen LogP contribution in [-0.4, -0.2) is 16.5 Å². The molecule has 1 aliphatic rings. The molecule has 0 saturated carbocycles. The van der Waals surface area contributed by atoms with Crippen molar-refractivity contribution in [2.45, 2.75) is 33.2 Å². The van der Waals surface area contributed by atoms with Crippen LogP contribution in [0.1, 0.15) is 29.2 Å². The molecule has 13 heavy (non-hydrogen) atoms. The second-order valence-corrected chi connectivity index (χ2v) is 3.56. The fourth-order valence-electron chi connectivity index (χ4n) is 1.84. The van der Waals surface area contributed by atoms with Crippen LogP contribution in [0, 0.1) is 13.8 Å². The standard InChI is InChI=1S/C10H15N3/c1-7-9-6-11-5-3-4-10(9)13-8(2)12-7/h11H,3-6H2,1-2H3. The largest absolute Gasteiger partial charge is 0.313 e. The van der Waals surface area contributed by atoms with Gasteiger partial charge in [-0.2, -0.15) is 0 Å². The van der Waals surface area contributed by atoms with Crippen molar-refractivity contribution in [2.75, 3.05) is 6.54 Å². The number of aryl methyl sites for hydroxylation is 3. The molecule has 0 aromatic carbocycles. The smallest absolute Gasteiger partial charge is 0.125 e. The van der Waals surface area contributed by atoms with E-state index in [1.54, 1.807) is 0 Å². The maximum Gasteiger partial charge on any atom is 0.125 e. The third-order valence-corrected chi connectivity index (χ3v) is 2.48. The van der Waals surface area contributed by atoms with E-state index in [9.17, 15) is 0 Å². The predicted molar refractivity (Wildman–Crippen MR) is 51.5 cm³/mol. The zero-order valence-corrected chi connectivity index (χ0v) is 8.22. The van der Waals surface area contributed by atoms with Crippen molar-refractivity contribution >= 4 is 0 Å². The van der Waals surface area contributed by atoms with Crippen LogP contribution in [0.2, 0.25) is 0 Å². The average Bonchev–Trinajstić information content (AvgIpc) is 2.28. The minimum Gasteiger partial charge on any atom is -0.313 e. The Balaban J connectivity index is 2.47. The first-order valence-electron chi connectivity index (χ1n) is 4.81. The molecule has 3 heteroatoms. The lowest BCUT2D eigenvalue weighted by molar-refractivity contribution is 0.678. The van der Waals surface area contributed by atoms with Gasteiger partial charge in [-0.3, -0.25) is 0 Å². The van der Waals surface area contributed by atoms with Gasteiger partial charge in [0.25, 0.3) is 0 Å². The molecule has 2 rings (SSSR count). The lowest BCUT2D eigenvalue weighted by Gasteiger charge is -2.08. The Kier molecular flexibility index (Phi) is 2.27. The van der Waals surface area contributed by atoms with Gasteiger partial charge in [0, 0.05) is 23.5 Å². The molecule has 1 N–H and O–H groups in total. The van der Waals surface area contributed by atoms with E-state index < -0.39 is 0 Å². The number of fused-ring (bicyclic) bond motifs is 1. The summed E-state index contributed by atoms with van der Waals surface area (Å²) in [7, 11) is 0. The Hall–Kier alpha value is -0.960. The summed E-state index contributed by atoms with van der Waals surface area (Å²) in [5.41, 5.74) is 3.69. The molecule has 0 spiro atoms. The third kappa shape index (κ3) is 1.70. The van der Waals surface area contributed by atoms with Crippen LogP contribution >= 0.6 is 0 Å². The minimum absolute atomic E-state index is 0.901. The molecule has 0 fully saturated rings. The molecule has 0 amide bonds. The molecular formula is C10H15N3. The van der Waals surface area contributed by atoms with E-state index in [2.05, 4.69) is 22.2 Å². The van der Waals surface area contributed by atoms with Gasteiger partial charge in [0.2, 0.25) is 0 Å². The number of nitrogens with one attached hydrogen (secondary N) is 1. The van der Waals surface area contributed by atoms with Gasteiger partial charge < -0.3 is 5.32 Å². The lowest BCUT2D eigenvalue weighted by Crippen LogP contribution is -2.13. The highest BCUT2D eigenvalue weighted by Gasteiger charge is 2.12. The second kappa shape index (κ2) is 3.42. The van der Waals surface area contributed by atoms with Crippen LogP contribution in [0.15, 0.2) is 0 Å². The van der Waals surface area contributed by atoms with Gasteiger partial charge in [0.1, 0.15) is 5.82 Å². The van der Waals surface area contributed by atoms with Crippen molar-refractivity contribution in [3.63, 3.8) is 0 Å². The summed E-state index contributed by atoms with van der Waals surface area (Å²) in [6.45, 7) is 6.06. The van der Waals surface area contributed by atoms with Crippen molar-refractivity contribution in [2.24, 2.45) is 0 Å². The van der Waals surface area contributed by atoms with E-state index in [0.29, 0.717) is 0 Å². The normalized spacial score (nSPS) is 16.5. The second-order valence-electron chi connectivity index (χ2n) is 3.56. The van der Waals surface area contributed by atoms with Gasteiger partial charge in [-0.25, -0.2) is 9.97 Å². The quantitative estimate of drug-likeness (QED) is 0.645. The Morgan fingerprint density at radius 3 is 2.92 bits per heavy atom. The van der Waals surface area contributed by atoms with Crippen molar-refractivity contribution < 1.29 is 0 Å². The summed E-state index contributed by atoms with van der Waals surface area (Å²) in [4.78, 5) is 8.86. The molecule has 0 radical (unpaired) electrons. The number of hydrogen-bond donors (Lipinski definition) is 1. The summed E-state index contributed by atoms with van der Waals surface area (Å²) >= 11 is 0. The highest BCUT2D eigenvalue weighted by atomic mass is 14.9. The van der Waals surface area contributed by atoms with E-state index >= 15 is 0 Å². The SMILES string of the molecule is Cc1nc(C)c2c(n1)CCCNC2. The van der Waals surface area contributed by atoms with Gasteiger partial charge in [-0.1, -0.05) is 0 Å². The molecule has 0 unspecified atom stereocenters. The Bertz CT molecular complexity index is 320. The van der Waals surface area contributed by atoms with Gasteiger partial charge in [-0.05, 0) is 33.2 Å². The van der Waals surface area contributed by atoms with Gasteiger partial charge >= 0.3 is 0 Å². The third-order valence-electron chi connectivity index (χ3n) is 2.48. The number of rotatable bonds is 0. The molecule has 0 saturated heterocycles. The first-order valence-corrected chi connectivity index (χ1v) is 4.81. The molecule has 0 aliphatic carbocycles. The highest BCUT2D eigenvalue weighted by molar-refractivity contribution is 5.26. The summed E-state index contributed by atoms with van der Waals surface area (Å²) in [5, 5.41) is 3.38. The van der Waals surface area contributed by atoms with Crippen LogP contribution in [0.25, 0.3) is 0 Å². The topological polar surface area (TPSA) is 37.8 Å². The molecule has 0 bridgehead atoms. The Labute approximate surface area is 78.6 Å².